The molecule has 0 aliphatic carbocycles. The van der Waals surface area contributed by atoms with Crippen LogP contribution in [0.25, 0.3) is 0 Å². The Morgan fingerprint density at radius 2 is 2.12 bits per heavy atom. The largest absolute Gasteiger partial charge is 0.398 e. The van der Waals surface area contributed by atoms with E-state index in [0.717, 1.165) is 16.1 Å². The lowest BCUT2D eigenvalue weighted by molar-refractivity contribution is 0.625. The number of nitrogens with one attached hydrogen (secondary N) is 1. The second-order valence-corrected chi connectivity index (χ2v) is 5.06. The third-order valence-corrected chi connectivity index (χ3v) is 3.60. The summed E-state index contributed by atoms with van der Waals surface area (Å²) >= 11 is 7.31. The number of hydrogen-bond acceptors (Lipinski definition) is 3. The molecule has 2 aromatic rings. The van der Waals surface area contributed by atoms with Gasteiger partial charge >= 0.3 is 0 Å². The lowest BCUT2D eigenvalue weighted by Gasteiger charge is -2.05. The quantitative estimate of drug-likeness (QED) is 0.893. The molecule has 1 aromatic heterocycles. The topological polar surface area (TPSA) is 38.0 Å². The molecule has 0 aliphatic rings. The number of anilines is 1. The Morgan fingerprint density at radius 1 is 1.29 bits per heavy atom. The lowest BCUT2D eigenvalue weighted by Crippen LogP contribution is -2.12. The molecule has 90 valence electrons. The second-order valence-electron chi connectivity index (χ2n) is 3.65. The van der Waals surface area contributed by atoms with Crippen molar-refractivity contribution in [1.29, 1.82) is 0 Å². The first-order chi connectivity index (χ1) is 8.16. The van der Waals surface area contributed by atoms with Crippen molar-refractivity contribution in [3.63, 3.8) is 0 Å². The summed E-state index contributed by atoms with van der Waals surface area (Å²) < 4.78 is 12.9. The number of rotatable bonds is 4. The third-order valence-electron chi connectivity index (χ3n) is 2.38. The van der Waals surface area contributed by atoms with Gasteiger partial charge in [-0.3, -0.25) is 0 Å². The minimum absolute atomic E-state index is 0.153. The normalized spacial score (nSPS) is 10.7. The highest BCUT2D eigenvalue weighted by molar-refractivity contribution is 7.10. The molecule has 3 N–H and O–H groups in total. The highest BCUT2D eigenvalue weighted by Crippen LogP contribution is 2.19. The van der Waals surface area contributed by atoms with Crippen molar-refractivity contribution >= 4 is 28.6 Å². The van der Waals surface area contributed by atoms with Crippen LogP contribution in [0.15, 0.2) is 29.6 Å². The highest BCUT2D eigenvalue weighted by atomic mass is 35.5. The summed E-state index contributed by atoms with van der Waals surface area (Å²) in [6, 6.07) is 6.60. The Morgan fingerprint density at radius 3 is 2.76 bits per heavy atom. The Balaban J connectivity index is 1.90. The number of nitrogen functional groups attached to an aromatic ring is 1. The first kappa shape index (κ1) is 12.4. The van der Waals surface area contributed by atoms with Gasteiger partial charge in [0.1, 0.15) is 5.82 Å². The summed E-state index contributed by atoms with van der Waals surface area (Å²) in [6.45, 7) is 1.34. The zero-order valence-electron chi connectivity index (χ0n) is 9.04. The molecule has 0 amide bonds. The van der Waals surface area contributed by atoms with Crippen molar-refractivity contribution in [3.8, 4) is 0 Å². The molecule has 2 nitrogen and oxygen atoms in total. The predicted molar refractivity (Wildman–Crippen MR) is 70.7 cm³/mol. The molecule has 2 rings (SSSR count). The van der Waals surface area contributed by atoms with Gasteiger partial charge in [-0.2, -0.15) is 0 Å². The third kappa shape index (κ3) is 3.19. The molecule has 1 aromatic carbocycles. The Hall–Kier alpha value is -1.10. The maximum absolute atomic E-state index is 12.9. The van der Waals surface area contributed by atoms with E-state index < -0.39 is 5.82 Å². The van der Waals surface area contributed by atoms with Crippen LogP contribution >= 0.6 is 22.9 Å². The molecule has 0 bridgehead atoms. The van der Waals surface area contributed by atoms with E-state index in [4.69, 9.17) is 17.3 Å². The van der Waals surface area contributed by atoms with Crippen LogP contribution in [0, 0.1) is 5.82 Å². The van der Waals surface area contributed by atoms with Crippen LogP contribution in [0.2, 0.25) is 5.02 Å². The second kappa shape index (κ2) is 5.49. The number of thiophene rings is 1. The molecule has 5 heteroatoms. The SMILES string of the molecule is Nc1ccsc1CNCc1ccc(F)c(Cl)c1. The molecule has 1 heterocycles. The van der Waals surface area contributed by atoms with Crippen molar-refractivity contribution in [2.24, 2.45) is 0 Å². The van der Waals surface area contributed by atoms with E-state index in [0.29, 0.717) is 13.1 Å². The zero-order valence-corrected chi connectivity index (χ0v) is 10.6. The van der Waals surface area contributed by atoms with E-state index in [1.807, 2.05) is 11.4 Å². The van der Waals surface area contributed by atoms with Gasteiger partial charge in [0.05, 0.1) is 5.02 Å². The number of benzene rings is 1. The molecule has 0 unspecified atom stereocenters. The van der Waals surface area contributed by atoms with E-state index in [1.54, 1.807) is 23.5 Å². The summed E-state index contributed by atoms with van der Waals surface area (Å²) in [5.74, 6) is -0.391. The fraction of sp³-hybridized carbons (Fsp3) is 0.167. The number of nitrogens with two attached hydrogens (primary N) is 1. The molecule has 0 fully saturated rings. The van der Waals surface area contributed by atoms with E-state index in [9.17, 15) is 4.39 Å². The molecule has 17 heavy (non-hydrogen) atoms. The lowest BCUT2D eigenvalue weighted by atomic mass is 10.2. The van der Waals surface area contributed by atoms with Crippen LogP contribution < -0.4 is 11.1 Å². The Labute approximate surface area is 108 Å². The maximum Gasteiger partial charge on any atom is 0.141 e. The first-order valence-corrected chi connectivity index (χ1v) is 6.39. The molecule has 0 radical (unpaired) electrons. The van der Waals surface area contributed by atoms with E-state index >= 15 is 0 Å². The van der Waals surface area contributed by atoms with Crippen molar-refractivity contribution in [2.75, 3.05) is 5.73 Å². The van der Waals surface area contributed by atoms with E-state index in [2.05, 4.69) is 5.32 Å². The fourth-order valence-electron chi connectivity index (χ4n) is 1.46. The summed E-state index contributed by atoms with van der Waals surface area (Å²) in [6.07, 6.45) is 0. The Kier molecular flexibility index (Phi) is 3.99. The number of halogens is 2. The fourth-order valence-corrected chi connectivity index (χ4v) is 2.44. The van der Waals surface area contributed by atoms with Crippen LogP contribution in [-0.4, -0.2) is 0 Å². The van der Waals surface area contributed by atoms with E-state index in [1.165, 1.54) is 6.07 Å². The average Bonchev–Trinajstić information content (AvgIpc) is 2.70. The van der Waals surface area contributed by atoms with Crippen LogP contribution in [0.5, 0.6) is 0 Å². The standard InChI is InChI=1S/C12H12ClFN2S/c13-9-5-8(1-2-10(9)14)6-16-7-12-11(15)3-4-17-12/h1-5,16H,6-7,15H2. The maximum atomic E-state index is 12.9. The molecule has 0 aliphatic heterocycles. The van der Waals surface area contributed by atoms with Gasteiger partial charge in [0.2, 0.25) is 0 Å². The van der Waals surface area contributed by atoms with Gasteiger partial charge in [0.25, 0.3) is 0 Å². The van der Waals surface area contributed by atoms with Crippen molar-refractivity contribution in [1.82, 2.24) is 5.32 Å². The summed E-state index contributed by atoms with van der Waals surface area (Å²) in [5.41, 5.74) is 7.52. The summed E-state index contributed by atoms with van der Waals surface area (Å²) in [4.78, 5) is 1.11. The predicted octanol–water partition coefficient (Wildman–Crippen LogP) is 3.41. The van der Waals surface area contributed by atoms with Crippen molar-refractivity contribution < 1.29 is 4.39 Å². The highest BCUT2D eigenvalue weighted by Gasteiger charge is 2.02. The van der Waals surface area contributed by atoms with Gasteiger partial charge in [0, 0.05) is 23.7 Å². The monoisotopic (exact) mass is 270 g/mol. The van der Waals surface area contributed by atoms with Gasteiger partial charge in [0.15, 0.2) is 0 Å². The summed E-state index contributed by atoms with van der Waals surface area (Å²) in [5, 5.41) is 5.35. The molecular formula is C12H12ClFN2S. The Bertz CT molecular complexity index is 513. The summed E-state index contributed by atoms with van der Waals surface area (Å²) in [7, 11) is 0. The molecule has 0 atom stereocenters. The minimum atomic E-state index is -0.391. The number of hydrogen-bond donors (Lipinski definition) is 2. The van der Waals surface area contributed by atoms with Crippen LogP contribution in [-0.2, 0) is 13.1 Å². The van der Waals surface area contributed by atoms with E-state index in [-0.39, 0.29) is 5.02 Å². The molecular weight excluding hydrogens is 259 g/mol. The minimum Gasteiger partial charge on any atom is -0.398 e. The van der Waals surface area contributed by atoms with Gasteiger partial charge < -0.3 is 11.1 Å². The average molecular weight is 271 g/mol. The van der Waals surface area contributed by atoms with Crippen molar-refractivity contribution in [2.45, 2.75) is 13.1 Å². The zero-order chi connectivity index (χ0) is 12.3. The smallest absolute Gasteiger partial charge is 0.141 e. The van der Waals surface area contributed by atoms with Gasteiger partial charge in [-0.25, -0.2) is 4.39 Å². The van der Waals surface area contributed by atoms with Gasteiger partial charge in [-0.15, -0.1) is 11.3 Å². The molecule has 0 saturated heterocycles. The van der Waals surface area contributed by atoms with Gasteiger partial charge in [-0.1, -0.05) is 17.7 Å². The molecule has 0 spiro atoms. The van der Waals surface area contributed by atoms with Crippen LogP contribution in [0.1, 0.15) is 10.4 Å². The molecule has 0 saturated carbocycles. The van der Waals surface area contributed by atoms with Crippen molar-refractivity contribution in [3.05, 3.63) is 50.9 Å². The first-order valence-electron chi connectivity index (χ1n) is 5.13. The van der Waals surface area contributed by atoms with Gasteiger partial charge in [-0.05, 0) is 29.1 Å². The van der Waals surface area contributed by atoms with Crippen LogP contribution in [0.4, 0.5) is 10.1 Å². The van der Waals surface area contributed by atoms with Crippen LogP contribution in [0.3, 0.4) is 0 Å².